The van der Waals surface area contributed by atoms with Gasteiger partial charge < -0.3 is 19.3 Å². The number of hydrogen-bond acceptors (Lipinski definition) is 6. The van der Waals surface area contributed by atoms with Crippen molar-refractivity contribution in [2.45, 2.75) is 6.42 Å². The van der Waals surface area contributed by atoms with Crippen molar-refractivity contribution in [2.75, 3.05) is 32.7 Å². The molecule has 1 aromatic heterocycles. The molecule has 2 rings (SSSR count). The van der Waals surface area contributed by atoms with Gasteiger partial charge in [0.2, 0.25) is 5.82 Å². The third-order valence-corrected chi connectivity index (χ3v) is 2.56. The molecule has 0 radical (unpaired) electrons. The van der Waals surface area contributed by atoms with Crippen LogP contribution in [0.5, 0.6) is 5.75 Å². The van der Waals surface area contributed by atoms with Gasteiger partial charge in [0.05, 0.1) is 7.11 Å². The Morgan fingerprint density at radius 1 is 1.32 bits per heavy atom. The highest BCUT2D eigenvalue weighted by Gasteiger charge is 2.08. The molecule has 1 heterocycles. The molecular formula is C13H17N3O3. The van der Waals surface area contributed by atoms with Crippen LogP contribution in [-0.2, 0) is 4.74 Å². The molecule has 1 aromatic carbocycles. The highest BCUT2D eigenvalue weighted by atomic mass is 16.5. The second kappa shape index (κ2) is 6.75. The molecule has 2 aromatic rings. The number of nitrogens with zero attached hydrogens (tertiary/aromatic N) is 2. The fourth-order valence-electron chi connectivity index (χ4n) is 1.59. The lowest BCUT2D eigenvalue weighted by atomic mass is 10.2. The van der Waals surface area contributed by atoms with Crippen molar-refractivity contribution in [1.82, 2.24) is 10.1 Å². The summed E-state index contributed by atoms with van der Waals surface area (Å²) in [6, 6.07) is 7.93. The van der Waals surface area contributed by atoms with E-state index in [1.165, 1.54) is 0 Å². The number of rotatable bonds is 7. The van der Waals surface area contributed by atoms with Gasteiger partial charge in [0.25, 0.3) is 0 Å². The summed E-state index contributed by atoms with van der Waals surface area (Å²) in [5.41, 5.74) is 0.855. The SMILES string of the molecule is COCCCNc1nc(-c2cccc(OC)c2)no1. The molecule has 0 spiro atoms. The molecule has 0 fully saturated rings. The molecule has 102 valence electrons. The van der Waals surface area contributed by atoms with E-state index >= 15 is 0 Å². The highest BCUT2D eigenvalue weighted by molar-refractivity contribution is 5.57. The number of benzene rings is 1. The van der Waals surface area contributed by atoms with Crippen LogP contribution in [0.25, 0.3) is 11.4 Å². The Morgan fingerprint density at radius 3 is 3.00 bits per heavy atom. The van der Waals surface area contributed by atoms with Crippen LogP contribution in [-0.4, -0.2) is 37.5 Å². The van der Waals surface area contributed by atoms with Crippen molar-refractivity contribution in [1.29, 1.82) is 0 Å². The summed E-state index contributed by atoms with van der Waals surface area (Å²) in [7, 11) is 3.30. The van der Waals surface area contributed by atoms with E-state index in [0.717, 1.165) is 24.3 Å². The van der Waals surface area contributed by atoms with Crippen LogP contribution in [0.3, 0.4) is 0 Å². The van der Waals surface area contributed by atoms with E-state index in [2.05, 4.69) is 15.5 Å². The second-order valence-corrected chi connectivity index (χ2v) is 3.93. The second-order valence-electron chi connectivity index (χ2n) is 3.93. The summed E-state index contributed by atoms with van der Waals surface area (Å²) < 4.78 is 15.2. The van der Waals surface area contributed by atoms with Gasteiger partial charge in [0, 0.05) is 25.8 Å². The van der Waals surface area contributed by atoms with E-state index in [-0.39, 0.29) is 0 Å². The first-order valence-corrected chi connectivity index (χ1v) is 6.04. The van der Waals surface area contributed by atoms with Crippen LogP contribution in [0.4, 0.5) is 6.01 Å². The molecule has 0 saturated carbocycles. The van der Waals surface area contributed by atoms with Crippen LogP contribution < -0.4 is 10.1 Å². The smallest absolute Gasteiger partial charge is 0.321 e. The van der Waals surface area contributed by atoms with Crippen molar-refractivity contribution in [3.05, 3.63) is 24.3 Å². The lowest BCUT2D eigenvalue weighted by molar-refractivity contribution is 0.197. The van der Waals surface area contributed by atoms with Gasteiger partial charge in [-0.1, -0.05) is 17.3 Å². The van der Waals surface area contributed by atoms with Gasteiger partial charge in [-0.2, -0.15) is 4.98 Å². The van der Waals surface area contributed by atoms with Crippen LogP contribution in [0, 0.1) is 0 Å². The van der Waals surface area contributed by atoms with Gasteiger partial charge in [-0.3, -0.25) is 0 Å². The Balaban J connectivity index is 1.99. The van der Waals surface area contributed by atoms with Gasteiger partial charge in [-0.15, -0.1) is 0 Å². The van der Waals surface area contributed by atoms with E-state index in [9.17, 15) is 0 Å². The summed E-state index contributed by atoms with van der Waals surface area (Å²) >= 11 is 0. The summed E-state index contributed by atoms with van der Waals surface area (Å²) in [6.45, 7) is 1.43. The first kappa shape index (κ1) is 13.4. The van der Waals surface area contributed by atoms with Crippen molar-refractivity contribution < 1.29 is 14.0 Å². The van der Waals surface area contributed by atoms with Crippen LogP contribution in [0.2, 0.25) is 0 Å². The van der Waals surface area contributed by atoms with Crippen molar-refractivity contribution in [3.8, 4) is 17.1 Å². The Morgan fingerprint density at radius 2 is 2.21 bits per heavy atom. The molecule has 19 heavy (non-hydrogen) atoms. The first-order chi connectivity index (χ1) is 9.33. The van der Waals surface area contributed by atoms with E-state index in [4.69, 9.17) is 14.0 Å². The average Bonchev–Trinajstić information content (AvgIpc) is 2.92. The maximum absolute atomic E-state index is 5.16. The largest absolute Gasteiger partial charge is 0.497 e. The van der Waals surface area contributed by atoms with Crippen LogP contribution >= 0.6 is 0 Å². The van der Waals surface area contributed by atoms with E-state index < -0.39 is 0 Å². The zero-order chi connectivity index (χ0) is 13.5. The van der Waals surface area contributed by atoms with E-state index in [1.807, 2.05) is 24.3 Å². The Bertz CT molecular complexity index is 513. The van der Waals surface area contributed by atoms with Gasteiger partial charge >= 0.3 is 6.01 Å². The zero-order valence-electron chi connectivity index (χ0n) is 11.0. The normalized spacial score (nSPS) is 10.4. The fourth-order valence-corrected chi connectivity index (χ4v) is 1.59. The van der Waals surface area contributed by atoms with Crippen LogP contribution in [0.15, 0.2) is 28.8 Å². The molecule has 0 aliphatic carbocycles. The lowest BCUT2D eigenvalue weighted by Crippen LogP contribution is -2.04. The summed E-state index contributed by atoms with van der Waals surface area (Å²) in [6.07, 6.45) is 0.882. The molecule has 0 aliphatic heterocycles. The molecular weight excluding hydrogens is 246 g/mol. The summed E-state index contributed by atoms with van der Waals surface area (Å²) in [5, 5.41) is 6.97. The molecule has 6 heteroatoms. The maximum Gasteiger partial charge on any atom is 0.321 e. The predicted octanol–water partition coefficient (Wildman–Crippen LogP) is 2.19. The minimum Gasteiger partial charge on any atom is -0.497 e. The number of ether oxygens (including phenoxy) is 2. The minimum absolute atomic E-state index is 0.411. The first-order valence-electron chi connectivity index (χ1n) is 6.04. The fraction of sp³-hybridized carbons (Fsp3) is 0.385. The predicted molar refractivity (Wildman–Crippen MR) is 71.3 cm³/mol. The lowest BCUT2D eigenvalue weighted by Gasteiger charge is -2.00. The maximum atomic E-state index is 5.16. The monoisotopic (exact) mass is 263 g/mol. The van der Waals surface area contributed by atoms with Crippen molar-refractivity contribution >= 4 is 6.01 Å². The van der Waals surface area contributed by atoms with Gasteiger partial charge in [-0.05, 0) is 18.6 Å². The zero-order valence-corrected chi connectivity index (χ0v) is 11.0. The Hall–Kier alpha value is -2.08. The molecule has 1 N–H and O–H groups in total. The van der Waals surface area contributed by atoms with E-state index in [0.29, 0.717) is 18.4 Å². The Labute approximate surface area is 111 Å². The highest BCUT2D eigenvalue weighted by Crippen LogP contribution is 2.22. The molecule has 0 unspecified atom stereocenters. The molecule has 0 atom stereocenters. The quantitative estimate of drug-likeness (QED) is 0.772. The van der Waals surface area contributed by atoms with E-state index in [1.54, 1.807) is 14.2 Å². The average molecular weight is 263 g/mol. The van der Waals surface area contributed by atoms with Gasteiger partial charge in [-0.25, -0.2) is 0 Å². The number of methoxy groups -OCH3 is 2. The molecule has 0 bridgehead atoms. The molecule has 0 saturated heterocycles. The van der Waals surface area contributed by atoms with Crippen LogP contribution in [0.1, 0.15) is 6.42 Å². The van der Waals surface area contributed by atoms with Gasteiger partial charge in [0.15, 0.2) is 0 Å². The standard InChI is InChI=1S/C13H17N3O3/c1-17-8-4-7-14-13-15-12(16-19-13)10-5-3-6-11(9-10)18-2/h3,5-6,9H,4,7-8H2,1-2H3,(H,14,15,16). The topological polar surface area (TPSA) is 69.4 Å². The number of nitrogens with one attached hydrogen (secondary N) is 1. The third kappa shape index (κ3) is 3.69. The Kier molecular flexibility index (Phi) is 4.74. The third-order valence-electron chi connectivity index (χ3n) is 2.56. The summed E-state index contributed by atoms with van der Waals surface area (Å²) in [5.74, 6) is 1.30. The van der Waals surface area contributed by atoms with Crippen molar-refractivity contribution in [3.63, 3.8) is 0 Å². The summed E-state index contributed by atoms with van der Waals surface area (Å²) in [4.78, 5) is 4.27. The number of aromatic nitrogens is 2. The molecule has 6 nitrogen and oxygen atoms in total. The van der Waals surface area contributed by atoms with Crippen molar-refractivity contribution in [2.24, 2.45) is 0 Å². The molecule has 0 aliphatic rings. The minimum atomic E-state index is 0.411. The molecule has 0 amide bonds. The number of hydrogen-bond donors (Lipinski definition) is 1. The van der Waals surface area contributed by atoms with Gasteiger partial charge in [0.1, 0.15) is 5.75 Å². The number of anilines is 1.